The largest absolute Gasteiger partial charge is 0.337 e. The van der Waals surface area contributed by atoms with Crippen LogP contribution in [0.1, 0.15) is 63.1 Å². The number of amides is 2. The van der Waals surface area contributed by atoms with Crippen LogP contribution in [0.5, 0.6) is 0 Å². The molecular formula is C24H20F4N6O3. The number of aromatic amines is 1. The highest BCUT2D eigenvalue weighted by molar-refractivity contribution is 6.44. The Morgan fingerprint density at radius 3 is 2.57 bits per heavy atom. The van der Waals surface area contributed by atoms with Gasteiger partial charge in [-0.15, -0.1) is 5.10 Å². The van der Waals surface area contributed by atoms with E-state index < -0.39 is 53.5 Å². The number of rotatable bonds is 6. The molecule has 3 aromatic rings. The quantitative estimate of drug-likeness (QED) is 0.264. The summed E-state index contributed by atoms with van der Waals surface area (Å²) in [5, 5.41) is 14.7. The molecule has 1 aromatic carbocycles. The van der Waals surface area contributed by atoms with Crippen LogP contribution in [0, 0.1) is 24.5 Å². The molecule has 2 aliphatic carbocycles. The first kappa shape index (κ1) is 23.4. The SMILES string of the molecule is Cc1c(C(=O)C(=O)NC2(c3c[nH]nn3)CC(F)(F)C2)c2n(c1C(=O)Nc1ccc(F)c(F)c1)[C@@H]1C[C@@H]1C2. The fourth-order valence-corrected chi connectivity index (χ4v) is 5.69. The number of carbonyl (C=O) groups is 3. The molecule has 37 heavy (non-hydrogen) atoms. The molecule has 2 saturated carbocycles. The molecule has 0 radical (unpaired) electrons. The summed E-state index contributed by atoms with van der Waals surface area (Å²) >= 11 is 0. The van der Waals surface area contributed by atoms with Gasteiger partial charge in [0.05, 0.1) is 11.1 Å². The number of fused-ring (bicyclic) bond motifs is 3. The Hall–Kier alpha value is -4.03. The molecule has 13 heteroatoms. The number of H-pyrrole nitrogens is 1. The van der Waals surface area contributed by atoms with Crippen molar-refractivity contribution in [3.8, 4) is 0 Å². The van der Waals surface area contributed by atoms with Gasteiger partial charge in [0.1, 0.15) is 11.4 Å². The third-order valence-corrected chi connectivity index (χ3v) is 7.43. The zero-order chi connectivity index (χ0) is 26.3. The Morgan fingerprint density at radius 1 is 1.16 bits per heavy atom. The lowest BCUT2D eigenvalue weighted by Gasteiger charge is -2.46. The lowest BCUT2D eigenvalue weighted by molar-refractivity contribution is -0.148. The van der Waals surface area contributed by atoms with Crippen LogP contribution in [0.2, 0.25) is 0 Å². The Labute approximate surface area is 206 Å². The summed E-state index contributed by atoms with van der Waals surface area (Å²) in [7, 11) is 0. The second-order valence-corrected chi connectivity index (χ2v) is 9.95. The zero-order valence-corrected chi connectivity index (χ0v) is 19.4. The van der Waals surface area contributed by atoms with Gasteiger partial charge in [0.25, 0.3) is 23.5 Å². The summed E-state index contributed by atoms with van der Waals surface area (Å²) in [5.74, 6) is -7.70. The minimum Gasteiger partial charge on any atom is -0.337 e. The summed E-state index contributed by atoms with van der Waals surface area (Å²) in [4.78, 5) is 39.7. The highest BCUT2D eigenvalue weighted by atomic mass is 19.3. The molecule has 6 rings (SSSR count). The molecule has 0 bridgehead atoms. The summed E-state index contributed by atoms with van der Waals surface area (Å²) < 4.78 is 56.3. The first-order valence-electron chi connectivity index (χ1n) is 11.6. The molecule has 3 aliphatic rings. The van der Waals surface area contributed by atoms with E-state index in [4.69, 9.17) is 0 Å². The van der Waals surface area contributed by atoms with Gasteiger partial charge in [-0.3, -0.25) is 19.5 Å². The number of halogens is 4. The Balaban J connectivity index is 1.31. The minimum absolute atomic E-state index is 0.0178. The fourth-order valence-electron chi connectivity index (χ4n) is 5.69. The number of alkyl halides is 2. The van der Waals surface area contributed by atoms with Crippen molar-refractivity contribution in [1.82, 2.24) is 25.3 Å². The van der Waals surface area contributed by atoms with E-state index in [0.29, 0.717) is 12.1 Å². The van der Waals surface area contributed by atoms with E-state index in [1.165, 1.54) is 19.2 Å². The summed E-state index contributed by atoms with van der Waals surface area (Å²) in [6.07, 6.45) is 1.10. The van der Waals surface area contributed by atoms with Gasteiger partial charge < -0.3 is 15.2 Å². The molecule has 3 N–H and O–H groups in total. The van der Waals surface area contributed by atoms with Crippen molar-refractivity contribution < 1.29 is 31.9 Å². The van der Waals surface area contributed by atoms with Crippen molar-refractivity contribution >= 4 is 23.3 Å². The number of hydrogen-bond acceptors (Lipinski definition) is 5. The summed E-state index contributed by atoms with van der Waals surface area (Å²) in [6, 6.07) is 2.91. The molecule has 192 valence electrons. The van der Waals surface area contributed by atoms with Crippen molar-refractivity contribution in [1.29, 1.82) is 0 Å². The second kappa shape index (κ2) is 7.73. The molecule has 0 unspecified atom stereocenters. The average molecular weight is 516 g/mol. The minimum atomic E-state index is -3.03. The highest BCUT2D eigenvalue weighted by Gasteiger charge is 2.60. The van der Waals surface area contributed by atoms with Gasteiger partial charge in [0.2, 0.25) is 0 Å². The van der Waals surface area contributed by atoms with Crippen LogP contribution in [-0.4, -0.2) is 43.5 Å². The molecule has 2 aromatic heterocycles. The van der Waals surface area contributed by atoms with E-state index in [-0.39, 0.29) is 40.2 Å². The maximum atomic E-state index is 13.8. The first-order chi connectivity index (χ1) is 17.5. The van der Waals surface area contributed by atoms with Gasteiger partial charge in [-0.2, -0.15) is 0 Å². The van der Waals surface area contributed by atoms with E-state index in [1.54, 1.807) is 4.57 Å². The fraction of sp³-hybridized carbons (Fsp3) is 0.375. The Bertz CT molecular complexity index is 1470. The molecule has 1 aliphatic heterocycles. The smallest absolute Gasteiger partial charge is 0.293 e. The maximum Gasteiger partial charge on any atom is 0.293 e. The van der Waals surface area contributed by atoms with Crippen molar-refractivity contribution in [3.63, 3.8) is 0 Å². The third kappa shape index (κ3) is 3.63. The third-order valence-electron chi connectivity index (χ3n) is 7.43. The number of anilines is 1. The monoisotopic (exact) mass is 516 g/mol. The number of aromatic nitrogens is 4. The Morgan fingerprint density at radius 2 is 1.92 bits per heavy atom. The van der Waals surface area contributed by atoms with Gasteiger partial charge in [0.15, 0.2) is 11.6 Å². The molecular weight excluding hydrogens is 496 g/mol. The molecule has 2 atom stereocenters. The highest BCUT2D eigenvalue weighted by Crippen LogP contribution is 2.55. The van der Waals surface area contributed by atoms with Crippen molar-refractivity contribution in [2.45, 2.75) is 50.1 Å². The molecule has 3 heterocycles. The number of Topliss-reactive ketones (excluding diaryl/α,β-unsaturated/α-hetero) is 1. The topological polar surface area (TPSA) is 122 Å². The predicted molar refractivity (Wildman–Crippen MR) is 119 cm³/mol. The lowest BCUT2D eigenvalue weighted by Crippen LogP contribution is -2.61. The summed E-state index contributed by atoms with van der Waals surface area (Å²) in [6.45, 7) is 1.52. The van der Waals surface area contributed by atoms with E-state index >= 15 is 0 Å². The van der Waals surface area contributed by atoms with Gasteiger partial charge >= 0.3 is 0 Å². The summed E-state index contributed by atoms with van der Waals surface area (Å²) in [5.41, 5.74) is -0.487. The van der Waals surface area contributed by atoms with Crippen LogP contribution < -0.4 is 10.6 Å². The van der Waals surface area contributed by atoms with Crippen LogP contribution in [0.3, 0.4) is 0 Å². The average Bonchev–Trinajstić information content (AvgIpc) is 3.13. The van der Waals surface area contributed by atoms with Crippen molar-refractivity contribution in [3.05, 3.63) is 64.2 Å². The van der Waals surface area contributed by atoms with Gasteiger partial charge in [0, 0.05) is 42.5 Å². The van der Waals surface area contributed by atoms with Crippen LogP contribution in [0.4, 0.5) is 23.2 Å². The van der Waals surface area contributed by atoms with E-state index in [0.717, 1.165) is 18.6 Å². The molecule has 2 fully saturated rings. The van der Waals surface area contributed by atoms with Crippen molar-refractivity contribution in [2.75, 3.05) is 5.32 Å². The molecule has 2 amide bonds. The van der Waals surface area contributed by atoms with Gasteiger partial charge in [-0.05, 0) is 43.4 Å². The molecule has 0 spiro atoms. The second-order valence-electron chi connectivity index (χ2n) is 9.95. The normalized spacial score (nSPS) is 22.0. The Kier molecular flexibility index (Phi) is 4.89. The number of benzene rings is 1. The predicted octanol–water partition coefficient (Wildman–Crippen LogP) is 3.19. The standard InChI is InChI=1S/C24H20F4N6O3/c1-10-18(20(35)22(37)31-23(8-24(27,28)9-23)17-7-29-33-32-17)16-5-11-4-15(11)34(16)19(10)21(36)30-12-2-3-13(25)14(26)6-12/h2-3,6-7,11,15H,4-5,8-9H2,1H3,(H,30,36)(H,31,37)(H,29,32,33)/t11-,15-/m1/s1. The van der Waals surface area contributed by atoms with E-state index in [1.807, 2.05) is 0 Å². The number of nitrogens with zero attached hydrogens (tertiary/aromatic N) is 3. The van der Waals surface area contributed by atoms with E-state index in [2.05, 4.69) is 26.0 Å². The first-order valence-corrected chi connectivity index (χ1v) is 11.6. The number of ketones is 1. The number of hydrogen-bond donors (Lipinski definition) is 3. The van der Waals surface area contributed by atoms with Gasteiger partial charge in [-0.1, -0.05) is 5.21 Å². The van der Waals surface area contributed by atoms with Crippen LogP contribution in [0.15, 0.2) is 24.4 Å². The van der Waals surface area contributed by atoms with E-state index in [9.17, 15) is 31.9 Å². The zero-order valence-electron chi connectivity index (χ0n) is 19.4. The maximum absolute atomic E-state index is 13.8. The van der Waals surface area contributed by atoms with Crippen LogP contribution in [0.25, 0.3) is 0 Å². The lowest BCUT2D eigenvalue weighted by atomic mass is 9.71. The number of nitrogens with one attached hydrogen (secondary N) is 3. The van der Waals surface area contributed by atoms with Crippen LogP contribution >= 0.6 is 0 Å². The number of carbonyl (C=O) groups excluding carboxylic acids is 3. The van der Waals surface area contributed by atoms with Gasteiger partial charge in [-0.25, -0.2) is 17.6 Å². The van der Waals surface area contributed by atoms with Crippen molar-refractivity contribution in [2.24, 2.45) is 5.92 Å². The molecule has 0 saturated heterocycles. The molecule has 9 nitrogen and oxygen atoms in total. The van der Waals surface area contributed by atoms with Crippen LogP contribution in [-0.2, 0) is 16.8 Å².